The van der Waals surface area contributed by atoms with E-state index >= 15 is 0 Å². The Labute approximate surface area is 106 Å². The molecule has 0 aliphatic heterocycles. The molecule has 1 atom stereocenters. The lowest BCUT2D eigenvalue weighted by Crippen LogP contribution is -2.25. The van der Waals surface area contributed by atoms with Crippen molar-refractivity contribution in [2.45, 2.75) is 24.8 Å². The van der Waals surface area contributed by atoms with Crippen LogP contribution in [0, 0.1) is 11.8 Å². The summed E-state index contributed by atoms with van der Waals surface area (Å²) in [7, 11) is -3.69. The Morgan fingerprint density at radius 3 is 2.33 bits per heavy atom. The molecule has 18 heavy (non-hydrogen) atoms. The second-order valence-electron chi connectivity index (χ2n) is 3.68. The SMILES string of the molecule is CC#CC(=O)NC(C)c1ccc(S(N)(=O)=O)cc1. The fraction of sp³-hybridized carbons (Fsp3) is 0.250. The van der Waals surface area contributed by atoms with Gasteiger partial charge < -0.3 is 5.32 Å². The first kappa shape index (κ1) is 14.2. The number of hydrogen-bond donors (Lipinski definition) is 2. The number of sulfonamides is 1. The van der Waals surface area contributed by atoms with Gasteiger partial charge in [-0.3, -0.25) is 4.79 Å². The molecule has 0 saturated heterocycles. The van der Waals surface area contributed by atoms with E-state index < -0.39 is 10.0 Å². The molecular formula is C12H14N2O3S. The topological polar surface area (TPSA) is 89.3 Å². The van der Waals surface area contributed by atoms with Crippen LogP contribution in [0.3, 0.4) is 0 Å². The van der Waals surface area contributed by atoms with Crippen LogP contribution in [-0.2, 0) is 14.8 Å². The first-order valence-corrected chi connectivity index (χ1v) is 6.75. The van der Waals surface area contributed by atoms with Crippen LogP contribution in [-0.4, -0.2) is 14.3 Å². The number of nitrogens with two attached hydrogens (primary N) is 1. The van der Waals surface area contributed by atoms with Crippen LogP contribution in [0.4, 0.5) is 0 Å². The summed E-state index contributed by atoms with van der Waals surface area (Å²) in [6, 6.07) is 5.75. The van der Waals surface area contributed by atoms with Crippen LogP contribution in [0.25, 0.3) is 0 Å². The highest BCUT2D eigenvalue weighted by Gasteiger charge is 2.10. The average Bonchev–Trinajstić information content (AvgIpc) is 2.28. The highest BCUT2D eigenvalue weighted by molar-refractivity contribution is 7.89. The van der Waals surface area contributed by atoms with Gasteiger partial charge >= 0.3 is 0 Å². The number of nitrogens with one attached hydrogen (secondary N) is 1. The number of carbonyl (C=O) groups excluding carboxylic acids is 1. The van der Waals surface area contributed by atoms with Crippen molar-refractivity contribution in [3.63, 3.8) is 0 Å². The van der Waals surface area contributed by atoms with Crippen molar-refractivity contribution in [1.82, 2.24) is 5.32 Å². The van der Waals surface area contributed by atoms with Crippen molar-refractivity contribution < 1.29 is 13.2 Å². The third-order valence-corrected chi connectivity index (χ3v) is 3.22. The zero-order chi connectivity index (χ0) is 13.8. The smallest absolute Gasteiger partial charge is 0.296 e. The Bertz CT molecular complexity index is 594. The molecule has 6 heteroatoms. The summed E-state index contributed by atoms with van der Waals surface area (Å²) >= 11 is 0. The largest absolute Gasteiger partial charge is 0.339 e. The van der Waals surface area contributed by atoms with Gasteiger partial charge in [0.1, 0.15) is 0 Å². The summed E-state index contributed by atoms with van der Waals surface area (Å²) in [6.45, 7) is 3.35. The lowest BCUT2D eigenvalue weighted by atomic mass is 10.1. The maximum Gasteiger partial charge on any atom is 0.296 e. The molecule has 0 fully saturated rings. The van der Waals surface area contributed by atoms with E-state index in [4.69, 9.17) is 5.14 Å². The minimum absolute atomic E-state index is 0.0399. The van der Waals surface area contributed by atoms with E-state index in [-0.39, 0.29) is 16.8 Å². The highest BCUT2D eigenvalue weighted by Crippen LogP contribution is 2.15. The molecule has 1 aromatic rings. The molecule has 0 aliphatic carbocycles. The molecule has 1 amide bonds. The second kappa shape index (κ2) is 5.67. The fourth-order valence-electron chi connectivity index (χ4n) is 1.38. The second-order valence-corrected chi connectivity index (χ2v) is 5.25. The van der Waals surface area contributed by atoms with Crippen LogP contribution < -0.4 is 10.5 Å². The van der Waals surface area contributed by atoms with Gasteiger partial charge in [0.2, 0.25) is 10.0 Å². The number of carbonyl (C=O) groups is 1. The molecule has 0 aliphatic rings. The first-order chi connectivity index (χ1) is 8.34. The molecule has 1 aromatic carbocycles. The van der Waals surface area contributed by atoms with Crippen molar-refractivity contribution in [1.29, 1.82) is 0 Å². The standard InChI is InChI=1S/C12H14N2O3S/c1-3-4-12(15)14-9(2)10-5-7-11(8-6-10)18(13,16)17/h5-9H,1-2H3,(H,14,15)(H2,13,16,17). The van der Waals surface area contributed by atoms with Crippen LogP contribution >= 0.6 is 0 Å². The van der Waals surface area contributed by atoms with Gasteiger partial charge in [-0.1, -0.05) is 18.1 Å². The van der Waals surface area contributed by atoms with E-state index in [1.54, 1.807) is 26.0 Å². The van der Waals surface area contributed by atoms with Gasteiger partial charge in [-0.05, 0) is 37.5 Å². The third-order valence-electron chi connectivity index (χ3n) is 2.29. The average molecular weight is 266 g/mol. The Morgan fingerprint density at radius 2 is 1.89 bits per heavy atom. The summed E-state index contributed by atoms with van der Waals surface area (Å²) < 4.78 is 22.1. The monoisotopic (exact) mass is 266 g/mol. The number of amides is 1. The number of rotatable bonds is 3. The predicted molar refractivity (Wildman–Crippen MR) is 67.8 cm³/mol. The Hall–Kier alpha value is -1.84. The van der Waals surface area contributed by atoms with Gasteiger partial charge in [0.05, 0.1) is 10.9 Å². The maximum atomic E-state index is 11.3. The van der Waals surface area contributed by atoms with E-state index in [1.807, 2.05) is 0 Å². The minimum Gasteiger partial charge on any atom is -0.339 e. The van der Waals surface area contributed by atoms with E-state index in [2.05, 4.69) is 17.2 Å². The highest BCUT2D eigenvalue weighted by atomic mass is 32.2. The van der Waals surface area contributed by atoms with E-state index in [0.29, 0.717) is 0 Å². The van der Waals surface area contributed by atoms with Crippen molar-refractivity contribution >= 4 is 15.9 Å². The van der Waals surface area contributed by atoms with Gasteiger partial charge in [0, 0.05) is 0 Å². The Kier molecular flexibility index (Phi) is 4.48. The van der Waals surface area contributed by atoms with Gasteiger partial charge in [-0.2, -0.15) is 0 Å². The van der Waals surface area contributed by atoms with Crippen LogP contribution in [0.2, 0.25) is 0 Å². The zero-order valence-corrected chi connectivity index (χ0v) is 10.9. The quantitative estimate of drug-likeness (QED) is 0.782. The van der Waals surface area contributed by atoms with E-state index in [1.165, 1.54) is 12.1 Å². The number of primary sulfonamides is 1. The molecular weight excluding hydrogens is 252 g/mol. The molecule has 0 saturated carbocycles. The van der Waals surface area contributed by atoms with Crippen molar-refractivity contribution in [3.8, 4) is 11.8 Å². The predicted octanol–water partition coefficient (Wildman–Crippen LogP) is 0.534. The van der Waals surface area contributed by atoms with Gasteiger partial charge in [-0.15, -0.1) is 0 Å². The molecule has 0 spiro atoms. The van der Waals surface area contributed by atoms with Crippen LogP contribution in [0.15, 0.2) is 29.2 Å². The Balaban J connectivity index is 2.85. The lowest BCUT2D eigenvalue weighted by Gasteiger charge is -2.12. The molecule has 0 aromatic heterocycles. The third kappa shape index (κ3) is 3.87. The zero-order valence-electron chi connectivity index (χ0n) is 10.1. The summed E-state index contributed by atoms with van der Waals surface area (Å²) in [4.78, 5) is 11.3. The molecule has 0 radical (unpaired) electrons. The summed E-state index contributed by atoms with van der Waals surface area (Å²) in [5.74, 6) is 4.49. The maximum absolute atomic E-state index is 11.3. The molecule has 5 nitrogen and oxygen atoms in total. The normalized spacial score (nSPS) is 12.2. The molecule has 0 bridgehead atoms. The Morgan fingerprint density at radius 1 is 1.33 bits per heavy atom. The first-order valence-electron chi connectivity index (χ1n) is 5.20. The lowest BCUT2D eigenvalue weighted by molar-refractivity contribution is -0.116. The fourth-order valence-corrected chi connectivity index (χ4v) is 1.89. The van der Waals surface area contributed by atoms with Gasteiger partial charge in [0.15, 0.2) is 0 Å². The van der Waals surface area contributed by atoms with Gasteiger partial charge in [-0.25, -0.2) is 13.6 Å². The number of hydrogen-bond acceptors (Lipinski definition) is 3. The van der Waals surface area contributed by atoms with E-state index in [0.717, 1.165) is 5.56 Å². The molecule has 0 heterocycles. The van der Waals surface area contributed by atoms with Crippen LogP contribution in [0.1, 0.15) is 25.5 Å². The summed E-state index contributed by atoms with van der Waals surface area (Å²) in [5.41, 5.74) is 0.772. The van der Waals surface area contributed by atoms with Crippen molar-refractivity contribution in [2.75, 3.05) is 0 Å². The number of benzene rings is 1. The molecule has 1 rings (SSSR count). The minimum atomic E-state index is -3.69. The summed E-state index contributed by atoms with van der Waals surface area (Å²) in [5, 5.41) is 7.65. The van der Waals surface area contributed by atoms with Crippen molar-refractivity contribution in [2.24, 2.45) is 5.14 Å². The van der Waals surface area contributed by atoms with Crippen LogP contribution in [0.5, 0.6) is 0 Å². The van der Waals surface area contributed by atoms with Crippen molar-refractivity contribution in [3.05, 3.63) is 29.8 Å². The van der Waals surface area contributed by atoms with E-state index in [9.17, 15) is 13.2 Å². The summed E-state index contributed by atoms with van der Waals surface area (Å²) in [6.07, 6.45) is 0. The molecule has 3 N–H and O–H groups in total. The molecule has 96 valence electrons. The van der Waals surface area contributed by atoms with Gasteiger partial charge in [0.25, 0.3) is 5.91 Å². The molecule has 1 unspecified atom stereocenters.